The molecule has 1 aromatic heterocycles. The summed E-state index contributed by atoms with van der Waals surface area (Å²) in [5, 5.41) is 3.21. The van der Waals surface area contributed by atoms with Crippen LogP contribution < -0.4 is 10.0 Å². The van der Waals surface area contributed by atoms with Crippen LogP contribution in [-0.4, -0.2) is 27.5 Å². The Morgan fingerprint density at radius 2 is 2.17 bits per heavy atom. The van der Waals surface area contributed by atoms with Gasteiger partial charge in [-0.25, -0.2) is 13.1 Å². The van der Waals surface area contributed by atoms with Gasteiger partial charge in [0.2, 0.25) is 10.0 Å². The van der Waals surface area contributed by atoms with Gasteiger partial charge in [-0.1, -0.05) is 6.92 Å². The predicted octanol–water partition coefficient (Wildman–Crippen LogP) is 1.17. The van der Waals surface area contributed by atoms with E-state index >= 15 is 0 Å². The quantitative estimate of drug-likeness (QED) is 0.866. The van der Waals surface area contributed by atoms with Crippen LogP contribution in [-0.2, 0) is 10.0 Å². The lowest BCUT2D eigenvalue weighted by Crippen LogP contribution is -2.50. The Bertz CT molecular complexity index is 521. The average Bonchev–Trinajstić information content (AvgIpc) is 2.62. The highest BCUT2D eigenvalue weighted by Crippen LogP contribution is 2.21. The zero-order valence-corrected chi connectivity index (χ0v) is 11.8. The van der Waals surface area contributed by atoms with Crippen LogP contribution in [0, 0.1) is 19.8 Å². The molecule has 2 atom stereocenters. The average molecular weight is 272 g/mol. The maximum atomic E-state index is 12.3. The third-order valence-corrected chi connectivity index (χ3v) is 5.02. The molecule has 0 saturated carbocycles. The first-order valence-electron chi connectivity index (χ1n) is 6.20. The predicted molar refractivity (Wildman–Crippen MR) is 68.9 cm³/mol. The summed E-state index contributed by atoms with van der Waals surface area (Å²) in [6.45, 7) is 7.11. The minimum Gasteiger partial charge on any atom is -0.465 e. The van der Waals surface area contributed by atoms with Gasteiger partial charge in [-0.3, -0.25) is 0 Å². The van der Waals surface area contributed by atoms with E-state index in [0.717, 1.165) is 13.0 Å². The first-order valence-corrected chi connectivity index (χ1v) is 7.68. The van der Waals surface area contributed by atoms with Crippen molar-refractivity contribution in [2.45, 2.75) is 38.1 Å². The Morgan fingerprint density at radius 3 is 2.72 bits per heavy atom. The molecule has 2 unspecified atom stereocenters. The van der Waals surface area contributed by atoms with Gasteiger partial charge >= 0.3 is 0 Å². The number of furan rings is 1. The zero-order valence-electron chi connectivity index (χ0n) is 11.0. The van der Waals surface area contributed by atoms with Gasteiger partial charge in [0.05, 0.1) is 0 Å². The number of rotatable bonds is 3. The molecule has 1 aliphatic rings. The number of nitrogens with one attached hydrogen (secondary N) is 2. The van der Waals surface area contributed by atoms with Crippen LogP contribution >= 0.6 is 0 Å². The van der Waals surface area contributed by atoms with Crippen molar-refractivity contribution < 1.29 is 12.8 Å². The fourth-order valence-corrected chi connectivity index (χ4v) is 3.87. The van der Waals surface area contributed by atoms with E-state index < -0.39 is 10.0 Å². The van der Waals surface area contributed by atoms with Crippen molar-refractivity contribution in [2.24, 2.45) is 5.92 Å². The van der Waals surface area contributed by atoms with Gasteiger partial charge < -0.3 is 9.73 Å². The number of hydrogen-bond acceptors (Lipinski definition) is 4. The molecular weight excluding hydrogens is 252 g/mol. The first-order chi connectivity index (χ1) is 8.40. The number of piperidine rings is 1. The highest BCUT2D eigenvalue weighted by molar-refractivity contribution is 7.89. The molecule has 5 nitrogen and oxygen atoms in total. The SMILES string of the molecule is Cc1cc(S(=O)(=O)NC2CNCCC2C)c(C)o1. The minimum absolute atomic E-state index is 0.0571. The largest absolute Gasteiger partial charge is 0.465 e. The fourth-order valence-electron chi connectivity index (χ4n) is 2.28. The summed E-state index contributed by atoms with van der Waals surface area (Å²) in [6.07, 6.45) is 0.983. The maximum absolute atomic E-state index is 12.3. The van der Waals surface area contributed by atoms with Gasteiger partial charge in [-0.05, 0) is 38.8 Å². The third kappa shape index (κ3) is 2.76. The van der Waals surface area contributed by atoms with E-state index in [1.165, 1.54) is 0 Å². The second-order valence-electron chi connectivity index (χ2n) is 4.98. The lowest BCUT2D eigenvalue weighted by molar-refractivity contribution is 0.327. The Balaban J connectivity index is 2.19. The Labute approximate surface area is 108 Å². The summed E-state index contributed by atoms with van der Waals surface area (Å²) >= 11 is 0. The van der Waals surface area contributed by atoms with E-state index in [0.29, 0.717) is 24.0 Å². The van der Waals surface area contributed by atoms with Crippen molar-refractivity contribution in [3.8, 4) is 0 Å². The van der Waals surface area contributed by atoms with E-state index in [1.807, 2.05) is 0 Å². The van der Waals surface area contributed by atoms with Crippen molar-refractivity contribution in [3.63, 3.8) is 0 Å². The standard InChI is InChI=1S/C12H20N2O3S/c1-8-4-5-13-7-11(8)14-18(15,16)12-6-9(2)17-10(12)3/h6,8,11,13-14H,4-5,7H2,1-3H3. The molecule has 18 heavy (non-hydrogen) atoms. The van der Waals surface area contributed by atoms with Crippen LogP contribution in [0.25, 0.3) is 0 Å². The molecule has 0 aromatic carbocycles. The van der Waals surface area contributed by atoms with Gasteiger partial charge in [-0.15, -0.1) is 0 Å². The van der Waals surface area contributed by atoms with E-state index in [4.69, 9.17) is 4.42 Å². The molecule has 0 amide bonds. The summed E-state index contributed by atoms with van der Waals surface area (Å²) in [4.78, 5) is 0.248. The number of aryl methyl sites for hydroxylation is 2. The Morgan fingerprint density at radius 1 is 1.44 bits per heavy atom. The molecule has 0 aliphatic carbocycles. The molecule has 1 aromatic rings. The second kappa shape index (κ2) is 5.03. The van der Waals surface area contributed by atoms with E-state index in [9.17, 15) is 8.42 Å². The topological polar surface area (TPSA) is 71.3 Å². The molecule has 2 rings (SSSR count). The minimum atomic E-state index is -3.49. The smallest absolute Gasteiger partial charge is 0.244 e. The van der Waals surface area contributed by atoms with Crippen molar-refractivity contribution in [2.75, 3.05) is 13.1 Å². The monoisotopic (exact) mass is 272 g/mol. The Hall–Kier alpha value is -0.850. The summed E-state index contributed by atoms with van der Waals surface area (Å²) < 4.78 is 32.6. The molecular formula is C12H20N2O3S. The Kier molecular flexibility index (Phi) is 3.79. The summed E-state index contributed by atoms with van der Waals surface area (Å²) in [5.74, 6) is 1.40. The van der Waals surface area contributed by atoms with Gasteiger partial charge in [0.25, 0.3) is 0 Å². The van der Waals surface area contributed by atoms with Crippen molar-refractivity contribution in [1.29, 1.82) is 0 Å². The van der Waals surface area contributed by atoms with E-state index in [2.05, 4.69) is 17.0 Å². The lowest BCUT2D eigenvalue weighted by atomic mass is 9.96. The van der Waals surface area contributed by atoms with E-state index in [-0.39, 0.29) is 10.9 Å². The lowest BCUT2D eigenvalue weighted by Gasteiger charge is -2.29. The molecule has 102 valence electrons. The van der Waals surface area contributed by atoms with Crippen LogP contribution in [0.3, 0.4) is 0 Å². The summed E-state index contributed by atoms with van der Waals surface area (Å²) in [6, 6.07) is 1.51. The fraction of sp³-hybridized carbons (Fsp3) is 0.667. The van der Waals surface area contributed by atoms with Crippen LogP contribution in [0.5, 0.6) is 0 Å². The zero-order chi connectivity index (χ0) is 13.3. The molecule has 0 spiro atoms. The van der Waals surface area contributed by atoms with Crippen LogP contribution in [0.1, 0.15) is 24.9 Å². The summed E-state index contributed by atoms with van der Waals surface area (Å²) in [7, 11) is -3.49. The summed E-state index contributed by atoms with van der Waals surface area (Å²) in [5.41, 5.74) is 0. The van der Waals surface area contributed by atoms with Gasteiger partial charge in [0.1, 0.15) is 16.4 Å². The van der Waals surface area contributed by atoms with Gasteiger partial charge in [-0.2, -0.15) is 0 Å². The van der Waals surface area contributed by atoms with E-state index in [1.54, 1.807) is 19.9 Å². The molecule has 2 N–H and O–H groups in total. The number of hydrogen-bond donors (Lipinski definition) is 2. The molecule has 2 heterocycles. The molecule has 6 heteroatoms. The van der Waals surface area contributed by atoms with Gasteiger partial charge in [0.15, 0.2) is 0 Å². The third-order valence-electron chi connectivity index (χ3n) is 3.42. The molecule has 0 bridgehead atoms. The normalized spacial score (nSPS) is 25.3. The highest BCUT2D eigenvalue weighted by Gasteiger charge is 2.28. The van der Waals surface area contributed by atoms with Crippen molar-refractivity contribution >= 4 is 10.0 Å². The van der Waals surface area contributed by atoms with Crippen molar-refractivity contribution in [1.82, 2.24) is 10.0 Å². The van der Waals surface area contributed by atoms with Crippen molar-refractivity contribution in [3.05, 3.63) is 17.6 Å². The van der Waals surface area contributed by atoms with Crippen LogP contribution in [0.15, 0.2) is 15.4 Å². The van der Waals surface area contributed by atoms with Crippen LogP contribution in [0.2, 0.25) is 0 Å². The second-order valence-corrected chi connectivity index (χ2v) is 6.66. The highest BCUT2D eigenvalue weighted by atomic mass is 32.2. The molecule has 0 radical (unpaired) electrons. The maximum Gasteiger partial charge on any atom is 0.244 e. The molecule has 1 saturated heterocycles. The molecule has 1 fully saturated rings. The van der Waals surface area contributed by atoms with Crippen LogP contribution in [0.4, 0.5) is 0 Å². The van der Waals surface area contributed by atoms with Gasteiger partial charge in [0, 0.05) is 12.6 Å². The number of sulfonamides is 1. The first kappa shape index (κ1) is 13.6. The molecule has 1 aliphatic heterocycles.